The molecule has 0 aliphatic carbocycles. The van der Waals surface area contributed by atoms with Crippen LogP contribution in [0.4, 0.5) is 0 Å². The number of carbonyl (C=O) groups excluding carboxylic acids is 3. The first-order valence-corrected chi connectivity index (χ1v) is 31.5. The Morgan fingerprint density at radius 1 is 0.397 bits per heavy atom. The van der Waals surface area contributed by atoms with Crippen LogP contribution in [-0.2, 0) is 33.3 Å². The van der Waals surface area contributed by atoms with Crippen LogP contribution >= 0.6 is 0 Å². The Kier molecular flexibility index (Phi) is 56.0. The molecule has 0 aromatic heterocycles. The minimum Gasteiger partial charge on any atom is -0.545 e. The maximum Gasteiger partial charge on any atom is 0.306 e. The molecule has 0 aliphatic heterocycles. The number of aliphatic carboxylic acids is 1. The lowest BCUT2D eigenvalue weighted by Crippen LogP contribution is -2.44. The zero-order valence-electron chi connectivity index (χ0n) is 50.8. The number of rotatable bonds is 57. The van der Waals surface area contributed by atoms with Gasteiger partial charge in [0, 0.05) is 12.8 Å². The first-order chi connectivity index (χ1) is 38.1. The van der Waals surface area contributed by atoms with Crippen LogP contribution in [-0.4, -0.2) is 82.3 Å². The van der Waals surface area contributed by atoms with Crippen molar-refractivity contribution in [3.05, 3.63) is 109 Å². The Morgan fingerprint density at radius 2 is 0.731 bits per heavy atom. The van der Waals surface area contributed by atoms with Gasteiger partial charge in [-0.3, -0.25) is 9.59 Å². The second-order valence-electron chi connectivity index (χ2n) is 22.0. The van der Waals surface area contributed by atoms with Gasteiger partial charge in [-0.15, -0.1) is 0 Å². The summed E-state index contributed by atoms with van der Waals surface area (Å²) in [6.07, 6.45) is 78.6. The van der Waals surface area contributed by atoms with Gasteiger partial charge in [-0.1, -0.05) is 245 Å². The lowest BCUT2D eigenvalue weighted by Gasteiger charge is -2.26. The second kappa shape index (κ2) is 59.1. The van der Waals surface area contributed by atoms with Crippen LogP contribution in [0, 0.1) is 0 Å². The number of esters is 2. The van der Waals surface area contributed by atoms with Gasteiger partial charge in [-0.2, -0.15) is 0 Å². The van der Waals surface area contributed by atoms with Gasteiger partial charge in [-0.25, -0.2) is 0 Å². The van der Waals surface area contributed by atoms with Crippen molar-refractivity contribution in [3.8, 4) is 0 Å². The van der Waals surface area contributed by atoms with Gasteiger partial charge in [-0.05, 0) is 103 Å². The molecule has 0 rings (SSSR count). The summed E-state index contributed by atoms with van der Waals surface area (Å²) in [4.78, 5) is 37.3. The van der Waals surface area contributed by atoms with E-state index < -0.39 is 24.3 Å². The number of quaternary nitrogens is 1. The summed E-state index contributed by atoms with van der Waals surface area (Å²) < 4.78 is 22.7. The number of unbranched alkanes of at least 4 members (excludes halogenated alkanes) is 24. The standard InChI is InChI=1S/C69H117NO8/c1-6-8-10-12-14-16-18-20-22-24-26-27-28-29-30-31-32-33-34-35-36-37-38-39-40-41-42-44-46-48-50-52-54-56-58-60-67(72)78-65(64-77-69(68(73)74)75-62-61-70(3,4)5)63-76-66(71)59-57-55-53-51-49-47-45-43-25-23-21-19-17-15-13-11-9-7-2/h8,10,14,16-17,19-20,22-23,25-27,29-30,32-33,35-36,65,69H,6-7,9,11-13,15,18,21,24,28,31,34,37-64H2,1-5H3/b10-8-,16-14-,19-17-,22-20-,25-23-,27-26-,30-29-,33-32-,36-35-. The number of nitrogens with zero attached hydrogens (tertiary/aromatic N) is 1. The fourth-order valence-electron chi connectivity index (χ4n) is 8.43. The van der Waals surface area contributed by atoms with Crippen molar-refractivity contribution in [2.75, 3.05) is 47.5 Å². The van der Waals surface area contributed by atoms with Crippen molar-refractivity contribution >= 4 is 17.9 Å². The third-order valence-corrected chi connectivity index (χ3v) is 13.3. The number of allylic oxidation sites excluding steroid dienone is 18. The maximum absolute atomic E-state index is 12.9. The number of carbonyl (C=O) groups is 3. The van der Waals surface area contributed by atoms with Crippen LogP contribution in [0.3, 0.4) is 0 Å². The molecule has 2 unspecified atom stereocenters. The van der Waals surface area contributed by atoms with E-state index in [2.05, 4.69) is 123 Å². The SMILES string of the molecule is CC/C=C\C/C=C\C/C=C\C/C=C\C/C=C\C/C=C\C/C=C\CCCCCCCCCCCCCCCC(=O)OC(COC(=O)CCCCCCCCC/C=C\C/C=C\CCCCCC)COC(OCC[N+](C)(C)C)C(=O)[O-]. The lowest BCUT2D eigenvalue weighted by atomic mass is 10.0. The van der Waals surface area contributed by atoms with Gasteiger partial charge in [0.2, 0.25) is 0 Å². The number of ether oxygens (including phenoxy) is 4. The molecule has 0 bridgehead atoms. The Labute approximate surface area is 479 Å². The van der Waals surface area contributed by atoms with Crippen LogP contribution in [0.1, 0.15) is 251 Å². The summed E-state index contributed by atoms with van der Waals surface area (Å²) in [6.45, 7) is 4.61. The summed E-state index contributed by atoms with van der Waals surface area (Å²) in [6, 6.07) is 0. The van der Waals surface area contributed by atoms with E-state index in [-0.39, 0.29) is 38.6 Å². The Hall–Kier alpha value is -4.05. The number of hydrogen-bond donors (Lipinski definition) is 0. The lowest BCUT2D eigenvalue weighted by molar-refractivity contribution is -0.870. The van der Waals surface area contributed by atoms with Gasteiger partial charge in [0.25, 0.3) is 0 Å². The quantitative estimate of drug-likeness (QED) is 0.0195. The van der Waals surface area contributed by atoms with Gasteiger partial charge in [0.15, 0.2) is 12.4 Å². The van der Waals surface area contributed by atoms with E-state index in [0.717, 1.165) is 103 Å². The molecule has 0 saturated carbocycles. The molecule has 0 fully saturated rings. The third kappa shape index (κ3) is 59.6. The predicted octanol–water partition coefficient (Wildman–Crippen LogP) is 17.7. The van der Waals surface area contributed by atoms with Gasteiger partial charge in [0.05, 0.1) is 40.3 Å². The van der Waals surface area contributed by atoms with Crippen LogP contribution < -0.4 is 5.11 Å². The first-order valence-electron chi connectivity index (χ1n) is 31.5. The number of hydrogen-bond acceptors (Lipinski definition) is 8. The zero-order valence-corrected chi connectivity index (χ0v) is 50.8. The van der Waals surface area contributed by atoms with Crippen molar-refractivity contribution in [2.45, 2.75) is 264 Å². The molecule has 0 spiro atoms. The maximum atomic E-state index is 12.9. The Balaban J connectivity index is 4.16. The van der Waals surface area contributed by atoms with Gasteiger partial charge >= 0.3 is 11.9 Å². The minimum atomic E-state index is -1.63. The Bertz CT molecular complexity index is 1640. The van der Waals surface area contributed by atoms with Crippen LogP contribution in [0.5, 0.6) is 0 Å². The van der Waals surface area contributed by atoms with Gasteiger partial charge < -0.3 is 33.3 Å². The topological polar surface area (TPSA) is 111 Å². The molecule has 0 heterocycles. The summed E-state index contributed by atoms with van der Waals surface area (Å²) >= 11 is 0. The molecular weight excluding hydrogens is 971 g/mol. The normalized spacial score (nSPS) is 13.5. The van der Waals surface area contributed by atoms with Crippen molar-refractivity contribution in [1.82, 2.24) is 0 Å². The van der Waals surface area contributed by atoms with Crippen LogP contribution in [0.2, 0.25) is 0 Å². The average Bonchev–Trinajstić information content (AvgIpc) is 3.41. The molecule has 9 nitrogen and oxygen atoms in total. The number of carboxylic acid groups (broad SMARTS) is 1. The molecule has 0 radical (unpaired) electrons. The average molecular weight is 1090 g/mol. The monoisotopic (exact) mass is 1090 g/mol. The molecule has 0 N–H and O–H groups in total. The molecule has 9 heteroatoms. The van der Waals surface area contributed by atoms with E-state index in [1.807, 2.05) is 21.1 Å². The van der Waals surface area contributed by atoms with Gasteiger partial charge in [0.1, 0.15) is 13.2 Å². The third-order valence-electron chi connectivity index (χ3n) is 13.3. The Morgan fingerprint density at radius 3 is 1.09 bits per heavy atom. The van der Waals surface area contributed by atoms with Crippen molar-refractivity contribution in [1.29, 1.82) is 0 Å². The summed E-state index contributed by atoms with van der Waals surface area (Å²) in [5, 5.41) is 11.8. The highest BCUT2D eigenvalue weighted by Gasteiger charge is 2.22. The van der Waals surface area contributed by atoms with E-state index in [0.29, 0.717) is 17.4 Å². The molecule has 0 amide bonds. The van der Waals surface area contributed by atoms with Crippen molar-refractivity contribution in [3.63, 3.8) is 0 Å². The highest BCUT2D eigenvalue weighted by atomic mass is 16.7. The molecule has 0 aromatic rings. The largest absolute Gasteiger partial charge is 0.545 e. The molecule has 0 aliphatic rings. The van der Waals surface area contributed by atoms with E-state index in [9.17, 15) is 19.5 Å². The smallest absolute Gasteiger partial charge is 0.306 e. The first kappa shape index (κ1) is 74.0. The van der Waals surface area contributed by atoms with Crippen LogP contribution in [0.25, 0.3) is 0 Å². The molecule has 446 valence electrons. The fraction of sp³-hybridized carbons (Fsp3) is 0.696. The summed E-state index contributed by atoms with van der Waals surface area (Å²) in [7, 11) is 5.92. The minimum absolute atomic E-state index is 0.142. The second-order valence-corrected chi connectivity index (χ2v) is 22.0. The molecular formula is C69H117NO8. The van der Waals surface area contributed by atoms with E-state index in [1.54, 1.807) is 0 Å². The molecule has 2 atom stereocenters. The number of carboxylic acids is 1. The highest BCUT2D eigenvalue weighted by Crippen LogP contribution is 2.16. The summed E-state index contributed by atoms with van der Waals surface area (Å²) in [5.41, 5.74) is 0. The number of likely N-dealkylation sites (N-methyl/N-ethyl adjacent to an activating group) is 1. The highest BCUT2D eigenvalue weighted by molar-refractivity contribution is 5.70. The predicted molar refractivity (Wildman–Crippen MR) is 329 cm³/mol. The van der Waals surface area contributed by atoms with Crippen LogP contribution in [0.15, 0.2) is 109 Å². The molecule has 0 aromatic carbocycles. The van der Waals surface area contributed by atoms with Crippen molar-refractivity contribution < 1.29 is 42.9 Å². The van der Waals surface area contributed by atoms with E-state index >= 15 is 0 Å². The van der Waals surface area contributed by atoms with Crippen molar-refractivity contribution in [2.24, 2.45) is 0 Å². The molecule has 0 saturated heterocycles. The fourth-order valence-corrected chi connectivity index (χ4v) is 8.43. The molecule has 78 heavy (non-hydrogen) atoms. The van der Waals surface area contributed by atoms with E-state index in [1.165, 1.54) is 116 Å². The zero-order chi connectivity index (χ0) is 56.9. The summed E-state index contributed by atoms with van der Waals surface area (Å²) in [5.74, 6) is -2.30. The van der Waals surface area contributed by atoms with E-state index in [4.69, 9.17) is 18.9 Å².